The Morgan fingerprint density at radius 1 is 1.47 bits per heavy atom. The van der Waals surface area contributed by atoms with Gasteiger partial charge in [0.1, 0.15) is 0 Å². The van der Waals surface area contributed by atoms with Crippen LogP contribution in [0.4, 0.5) is 0 Å². The molecule has 0 spiro atoms. The van der Waals surface area contributed by atoms with Gasteiger partial charge in [-0.3, -0.25) is 10.2 Å². The molecule has 1 rings (SSSR count). The summed E-state index contributed by atoms with van der Waals surface area (Å²) in [5.41, 5.74) is 2.13. The minimum absolute atomic E-state index is 0.0917. The Labute approximate surface area is 102 Å². The Kier molecular flexibility index (Phi) is 7.11. The van der Waals surface area contributed by atoms with Gasteiger partial charge in [0.15, 0.2) is 0 Å². The number of likely N-dealkylation sites (tertiary alicyclic amines) is 1. The largest absolute Gasteiger partial charge is 0.394 e. The van der Waals surface area contributed by atoms with Gasteiger partial charge in [0.25, 0.3) is 0 Å². The lowest BCUT2D eigenvalue weighted by molar-refractivity contribution is -0.121. The first-order valence-corrected chi connectivity index (χ1v) is 6.20. The van der Waals surface area contributed by atoms with E-state index in [4.69, 9.17) is 15.7 Å². The molecule has 0 bridgehead atoms. The molecule has 0 radical (unpaired) electrons. The van der Waals surface area contributed by atoms with E-state index in [1.807, 2.05) is 0 Å². The van der Waals surface area contributed by atoms with Gasteiger partial charge in [-0.1, -0.05) is 0 Å². The molecule has 0 atom stereocenters. The molecule has 0 aromatic rings. The normalized spacial score (nSPS) is 18.2. The number of nitrogens with zero attached hydrogens (tertiary/aromatic N) is 1. The third kappa shape index (κ3) is 5.97. The number of amides is 1. The monoisotopic (exact) mass is 245 g/mol. The predicted molar refractivity (Wildman–Crippen MR) is 64.1 cm³/mol. The summed E-state index contributed by atoms with van der Waals surface area (Å²) < 4.78 is 5.48. The van der Waals surface area contributed by atoms with Crippen LogP contribution in [-0.2, 0) is 9.53 Å². The first-order chi connectivity index (χ1) is 8.26. The van der Waals surface area contributed by atoms with Crippen molar-refractivity contribution in [3.05, 3.63) is 0 Å². The van der Waals surface area contributed by atoms with Crippen molar-refractivity contribution in [2.45, 2.75) is 31.8 Å². The van der Waals surface area contributed by atoms with Crippen molar-refractivity contribution in [1.82, 2.24) is 10.3 Å². The number of rotatable bonds is 7. The number of hydrogen-bond acceptors (Lipinski definition) is 5. The second-order valence-electron chi connectivity index (χ2n) is 4.31. The molecular formula is C11H23N3O3. The molecule has 0 saturated carbocycles. The number of carbonyl (C=O) groups excluding carboxylic acids is 1. The molecule has 1 aliphatic heterocycles. The van der Waals surface area contributed by atoms with Gasteiger partial charge in [-0.15, -0.1) is 0 Å². The first kappa shape index (κ1) is 14.4. The van der Waals surface area contributed by atoms with Crippen LogP contribution in [0.15, 0.2) is 0 Å². The Hall–Kier alpha value is -0.690. The molecule has 6 nitrogen and oxygen atoms in total. The van der Waals surface area contributed by atoms with E-state index in [1.54, 1.807) is 0 Å². The maximum atomic E-state index is 10.9. The molecule has 1 saturated heterocycles. The summed E-state index contributed by atoms with van der Waals surface area (Å²) >= 11 is 0. The first-order valence-electron chi connectivity index (χ1n) is 6.20. The van der Waals surface area contributed by atoms with Gasteiger partial charge >= 0.3 is 0 Å². The average Bonchev–Trinajstić information content (AvgIpc) is 2.37. The maximum Gasteiger partial charge on any atom is 0.233 e. The molecule has 1 fully saturated rings. The van der Waals surface area contributed by atoms with Crippen molar-refractivity contribution < 1.29 is 14.6 Å². The highest BCUT2D eigenvalue weighted by Crippen LogP contribution is 2.13. The highest BCUT2D eigenvalue weighted by molar-refractivity contribution is 5.75. The molecule has 0 aliphatic carbocycles. The van der Waals surface area contributed by atoms with E-state index in [2.05, 4.69) is 10.3 Å². The minimum atomic E-state index is -0.105. The summed E-state index contributed by atoms with van der Waals surface area (Å²) in [4.78, 5) is 13.3. The zero-order chi connectivity index (χ0) is 12.5. The molecule has 0 unspecified atom stereocenters. The third-order valence-electron chi connectivity index (χ3n) is 3.02. The number of hydrazine groups is 1. The van der Waals surface area contributed by atoms with E-state index in [0.29, 0.717) is 13.0 Å². The summed E-state index contributed by atoms with van der Waals surface area (Å²) in [5, 5.41) is 8.66. The third-order valence-corrected chi connectivity index (χ3v) is 3.02. The zero-order valence-electron chi connectivity index (χ0n) is 10.2. The van der Waals surface area contributed by atoms with Gasteiger partial charge in [0.2, 0.25) is 5.91 Å². The lowest BCUT2D eigenvalue weighted by Crippen LogP contribution is -2.38. The van der Waals surface area contributed by atoms with Crippen LogP contribution in [0.1, 0.15) is 25.7 Å². The Morgan fingerprint density at radius 2 is 2.18 bits per heavy atom. The summed E-state index contributed by atoms with van der Waals surface area (Å²) in [6, 6.07) is 0. The molecule has 4 N–H and O–H groups in total. The molecule has 1 aliphatic rings. The summed E-state index contributed by atoms with van der Waals surface area (Å²) in [5.74, 6) is 4.90. The second-order valence-corrected chi connectivity index (χ2v) is 4.31. The van der Waals surface area contributed by atoms with Crippen molar-refractivity contribution in [1.29, 1.82) is 0 Å². The van der Waals surface area contributed by atoms with Crippen LogP contribution in [0.25, 0.3) is 0 Å². The fraction of sp³-hybridized carbons (Fsp3) is 0.909. The Bertz CT molecular complexity index is 218. The van der Waals surface area contributed by atoms with Gasteiger partial charge in [-0.2, -0.15) is 0 Å². The van der Waals surface area contributed by atoms with Crippen molar-refractivity contribution >= 4 is 5.91 Å². The highest BCUT2D eigenvalue weighted by Gasteiger charge is 2.19. The van der Waals surface area contributed by atoms with Gasteiger partial charge in [0, 0.05) is 19.5 Å². The van der Waals surface area contributed by atoms with E-state index >= 15 is 0 Å². The maximum absolute atomic E-state index is 10.9. The lowest BCUT2D eigenvalue weighted by Gasteiger charge is -2.31. The summed E-state index contributed by atoms with van der Waals surface area (Å²) in [6.45, 7) is 3.45. The van der Waals surface area contributed by atoms with E-state index in [0.717, 1.165) is 38.9 Å². The molecule has 1 heterocycles. The van der Waals surface area contributed by atoms with Crippen LogP contribution in [0.2, 0.25) is 0 Å². The predicted octanol–water partition coefficient (Wildman–Crippen LogP) is -0.770. The van der Waals surface area contributed by atoms with Crippen molar-refractivity contribution in [3.63, 3.8) is 0 Å². The number of piperidine rings is 1. The molecular weight excluding hydrogens is 222 g/mol. The summed E-state index contributed by atoms with van der Waals surface area (Å²) in [6.07, 6.45) is 3.61. The molecule has 100 valence electrons. The fourth-order valence-electron chi connectivity index (χ4n) is 2.05. The van der Waals surface area contributed by atoms with E-state index < -0.39 is 0 Å². The van der Waals surface area contributed by atoms with Crippen LogP contribution in [0.5, 0.6) is 0 Å². The topological polar surface area (TPSA) is 87.8 Å². The van der Waals surface area contributed by atoms with Crippen molar-refractivity contribution in [2.75, 3.05) is 32.8 Å². The Morgan fingerprint density at radius 3 is 2.76 bits per heavy atom. The van der Waals surface area contributed by atoms with Crippen LogP contribution < -0.4 is 11.3 Å². The van der Waals surface area contributed by atoms with Crippen molar-refractivity contribution in [2.24, 2.45) is 5.84 Å². The molecule has 6 heteroatoms. The number of aliphatic hydroxyl groups is 1. The van der Waals surface area contributed by atoms with Crippen LogP contribution in [-0.4, -0.2) is 54.9 Å². The van der Waals surface area contributed by atoms with E-state index in [1.165, 1.54) is 0 Å². The van der Waals surface area contributed by atoms with Crippen LogP contribution in [0.3, 0.4) is 0 Å². The minimum Gasteiger partial charge on any atom is -0.394 e. The quantitative estimate of drug-likeness (QED) is 0.311. The average molecular weight is 245 g/mol. The van der Waals surface area contributed by atoms with Crippen LogP contribution >= 0.6 is 0 Å². The number of hydrogen-bond donors (Lipinski definition) is 3. The molecule has 0 aromatic carbocycles. The highest BCUT2D eigenvalue weighted by atomic mass is 16.5. The fourth-order valence-corrected chi connectivity index (χ4v) is 2.05. The van der Waals surface area contributed by atoms with Gasteiger partial charge in [0.05, 0.1) is 19.3 Å². The number of nitrogens with two attached hydrogens (primary N) is 1. The second kappa shape index (κ2) is 8.41. The number of carbonyl (C=O) groups is 1. The molecule has 1 amide bonds. The van der Waals surface area contributed by atoms with Gasteiger partial charge in [-0.25, -0.2) is 5.84 Å². The van der Waals surface area contributed by atoms with Gasteiger partial charge in [-0.05, 0) is 25.8 Å². The van der Waals surface area contributed by atoms with E-state index in [9.17, 15) is 4.79 Å². The lowest BCUT2D eigenvalue weighted by atomic mass is 10.1. The number of aliphatic hydroxyl groups excluding tert-OH is 1. The molecule has 17 heavy (non-hydrogen) atoms. The number of nitrogens with one attached hydrogen (secondary N) is 1. The number of ether oxygens (including phenoxy) is 1. The smallest absolute Gasteiger partial charge is 0.233 e. The standard InChI is InChI=1S/C11H23N3O3/c12-13-11(16)2-1-5-14-6-3-10(4-7-14)17-9-8-15/h10,15H,1-9,12H2,(H,13,16). The van der Waals surface area contributed by atoms with Gasteiger partial charge < -0.3 is 14.7 Å². The van der Waals surface area contributed by atoms with Crippen LogP contribution in [0, 0.1) is 0 Å². The SMILES string of the molecule is NNC(=O)CCCN1CCC(OCCO)CC1. The Balaban J connectivity index is 2.04. The van der Waals surface area contributed by atoms with E-state index in [-0.39, 0.29) is 18.6 Å². The zero-order valence-corrected chi connectivity index (χ0v) is 10.2. The van der Waals surface area contributed by atoms with Crippen molar-refractivity contribution in [3.8, 4) is 0 Å². The molecule has 0 aromatic heterocycles. The summed E-state index contributed by atoms with van der Waals surface area (Å²) in [7, 11) is 0.